The maximum absolute atomic E-state index is 6.42. The largest absolute Gasteiger partial charge is 0.459 e. The van der Waals surface area contributed by atoms with Crippen LogP contribution >= 0.6 is 35.4 Å². The van der Waals surface area contributed by atoms with E-state index in [1.165, 1.54) is 5.56 Å². The summed E-state index contributed by atoms with van der Waals surface area (Å²) in [6.45, 7) is 2.05. The first-order chi connectivity index (χ1) is 19.0. The molecule has 0 amide bonds. The molecule has 0 saturated carbocycles. The number of nitrogens with zero attached hydrogens (tertiary/aromatic N) is 2. The van der Waals surface area contributed by atoms with Crippen LogP contribution in [0.5, 0.6) is 11.5 Å². The summed E-state index contributed by atoms with van der Waals surface area (Å²) < 4.78 is 12.5. The molecule has 39 heavy (non-hydrogen) atoms. The van der Waals surface area contributed by atoms with Gasteiger partial charge in [-0.2, -0.15) is 0 Å². The zero-order valence-electron chi connectivity index (χ0n) is 20.8. The highest BCUT2D eigenvalue weighted by molar-refractivity contribution is 7.80. The molecule has 1 aliphatic rings. The third kappa shape index (κ3) is 5.23. The van der Waals surface area contributed by atoms with Crippen molar-refractivity contribution in [1.82, 2.24) is 10.3 Å². The molecule has 3 heterocycles. The Labute approximate surface area is 242 Å². The second-order valence-electron chi connectivity index (χ2n) is 9.24. The molecule has 0 aliphatic carbocycles. The number of thiocarbonyl (C=S) groups is 1. The fourth-order valence-electron chi connectivity index (χ4n) is 4.66. The molecule has 2 atom stereocenters. The minimum Gasteiger partial charge on any atom is -0.459 e. The Morgan fingerprint density at radius 3 is 2.31 bits per heavy atom. The maximum Gasteiger partial charge on any atom is 0.174 e. The number of aromatic nitrogens is 1. The molecule has 1 saturated heterocycles. The molecule has 3 aromatic carbocycles. The average molecular weight is 573 g/mol. The van der Waals surface area contributed by atoms with Crippen LogP contribution in [-0.4, -0.2) is 10.1 Å². The van der Waals surface area contributed by atoms with E-state index in [0.29, 0.717) is 20.9 Å². The van der Waals surface area contributed by atoms with E-state index in [-0.39, 0.29) is 12.1 Å². The summed E-state index contributed by atoms with van der Waals surface area (Å²) in [5, 5.41) is 5.00. The fraction of sp³-hybridized carbons (Fsp3) is 0.0968. The van der Waals surface area contributed by atoms with Crippen LogP contribution in [0.4, 0.5) is 5.69 Å². The maximum atomic E-state index is 6.42. The number of pyridine rings is 1. The molecule has 0 bridgehead atoms. The quantitative estimate of drug-likeness (QED) is 0.205. The predicted octanol–water partition coefficient (Wildman–Crippen LogP) is 8.93. The molecule has 0 spiro atoms. The van der Waals surface area contributed by atoms with Crippen molar-refractivity contribution in [1.29, 1.82) is 0 Å². The van der Waals surface area contributed by atoms with Crippen molar-refractivity contribution in [2.45, 2.75) is 19.0 Å². The Bertz CT molecular complexity index is 1620. The van der Waals surface area contributed by atoms with Gasteiger partial charge in [-0.15, -0.1) is 0 Å². The number of benzene rings is 3. The first-order valence-corrected chi connectivity index (χ1v) is 13.5. The van der Waals surface area contributed by atoms with Crippen molar-refractivity contribution in [3.8, 4) is 22.8 Å². The first-order valence-electron chi connectivity index (χ1n) is 12.4. The minimum absolute atomic E-state index is 0.227. The molecular formula is C31H23Cl2N3O2S. The zero-order chi connectivity index (χ0) is 26.9. The summed E-state index contributed by atoms with van der Waals surface area (Å²) >= 11 is 18.2. The summed E-state index contributed by atoms with van der Waals surface area (Å²) in [5.74, 6) is 2.94. The van der Waals surface area contributed by atoms with Crippen LogP contribution in [0.15, 0.2) is 108 Å². The van der Waals surface area contributed by atoms with Crippen LogP contribution in [0, 0.1) is 6.92 Å². The van der Waals surface area contributed by atoms with Gasteiger partial charge in [-0.25, -0.2) is 0 Å². The molecule has 8 heteroatoms. The number of furan rings is 1. The Hall–Kier alpha value is -3.84. The van der Waals surface area contributed by atoms with E-state index in [1.54, 1.807) is 18.3 Å². The summed E-state index contributed by atoms with van der Waals surface area (Å²) in [5.41, 5.74) is 3.78. The number of halogens is 2. The number of nitrogens with one attached hydrogen (secondary N) is 1. The van der Waals surface area contributed by atoms with E-state index in [2.05, 4.69) is 15.2 Å². The third-order valence-electron chi connectivity index (χ3n) is 6.59. The summed E-state index contributed by atoms with van der Waals surface area (Å²) in [4.78, 5) is 6.67. The zero-order valence-corrected chi connectivity index (χ0v) is 23.2. The molecule has 0 radical (unpaired) electrons. The molecule has 1 N–H and O–H groups in total. The van der Waals surface area contributed by atoms with E-state index in [0.717, 1.165) is 34.2 Å². The van der Waals surface area contributed by atoms with Crippen molar-refractivity contribution in [3.63, 3.8) is 0 Å². The van der Waals surface area contributed by atoms with E-state index in [9.17, 15) is 0 Å². The highest BCUT2D eigenvalue weighted by atomic mass is 35.5. The lowest BCUT2D eigenvalue weighted by Crippen LogP contribution is -2.29. The van der Waals surface area contributed by atoms with Crippen LogP contribution in [0.2, 0.25) is 10.0 Å². The van der Waals surface area contributed by atoms with Gasteiger partial charge in [0.15, 0.2) is 5.11 Å². The van der Waals surface area contributed by atoms with Gasteiger partial charge in [0, 0.05) is 17.4 Å². The van der Waals surface area contributed by atoms with Crippen LogP contribution in [0.3, 0.4) is 0 Å². The Morgan fingerprint density at radius 1 is 0.872 bits per heavy atom. The van der Waals surface area contributed by atoms with Crippen LogP contribution < -0.4 is 15.0 Å². The number of hydrogen-bond donors (Lipinski definition) is 1. The lowest BCUT2D eigenvalue weighted by atomic mass is 10.0. The second kappa shape index (κ2) is 10.7. The van der Waals surface area contributed by atoms with Crippen LogP contribution in [-0.2, 0) is 0 Å². The van der Waals surface area contributed by atoms with Gasteiger partial charge in [0.05, 0.1) is 21.8 Å². The second-order valence-corrected chi connectivity index (χ2v) is 10.4. The fourth-order valence-corrected chi connectivity index (χ4v) is 5.30. The monoisotopic (exact) mass is 571 g/mol. The van der Waals surface area contributed by atoms with E-state index < -0.39 is 0 Å². The molecule has 1 fully saturated rings. The highest BCUT2D eigenvalue weighted by Crippen LogP contribution is 2.43. The Balaban J connectivity index is 1.35. The summed E-state index contributed by atoms with van der Waals surface area (Å²) in [7, 11) is 0. The molecule has 6 rings (SSSR count). The highest BCUT2D eigenvalue weighted by Gasteiger charge is 2.42. The van der Waals surface area contributed by atoms with E-state index in [1.807, 2.05) is 91.9 Å². The number of hydrogen-bond acceptors (Lipinski definition) is 4. The molecule has 5 nitrogen and oxygen atoms in total. The smallest absolute Gasteiger partial charge is 0.174 e. The first kappa shape index (κ1) is 25.4. The molecule has 194 valence electrons. The molecule has 0 unspecified atom stereocenters. The van der Waals surface area contributed by atoms with E-state index in [4.69, 9.17) is 44.6 Å². The van der Waals surface area contributed by atoms with Crippen LogP contribution in [0.1, 0.15) is 29.1 Å². The predicted molar refractivity (Wildman–Crippen MR) is 160 cm³/mol. The lowest BCUT2D eigenvalue weighted by molar-refractivity contribution is 0.439. The van der Waals surface area contributed by atoms with Crippen molar-refractivity contribution < 1.29 is 9.15 Å². The van der Waals surface area contributed by atoms with Gasteiger partial charge >= 0.3 is 0 Å². The number of ether oxygens (including phenoxy) is 1. The van der Waals surface area contributed by atoms with Gasteiger partial charge in [0.25, 0.3) is 0 Å². The standard InChI is InChI=1S/C31H23Cl2N3O2S/c1-19-5-10-22(11-6-19)37-23-12-8-21(9-13-23)36-30(29(35-31(36)39)26-4-2-3-17-34-26)28-16-15-27(38-28)20-7-14-24(32)25(33)18-20/h2-18,29-30H,1H3,(H,35,39)/t29-,30+/m1/s1. The SMILES string of the molecule is Cc1ccc(Oc2ccc(N3C(=S)N[C@H](c4ccccn4)[C@@H]3c3ccc(-c4ccc(Cl)c(Cl)c4)o3)cc2)cc1. The molecular weight excluding hydrogens is 549 g/mol. The summed E-state index contributed by atoms with van der Waals surface area (Å²) in [6, 6.07) is 30.5. The van der Waals surface area contributed by atoms with Crippen molar-refractivity contribution in [2.75, 3.05) is 4.90 Å². The van der Waals surface area contributed by atoms with Gasteiger partial charge in [-0.05, 0) is 98.0 Å². The third-order valence-corrected chi connectivity index (χ3v) is 7.65. The van der Waals surface area contributed by atoms with E-state index >= 15 is 0 Å². The van der Waals surface area contributed by atoms with Gasteiger partial charge < -0.3 is 19.4 Å². The topological polar surface area (TPSA) is 50.5 Å². The van der Waals surface area contributed by atoms with Gasteiger partial charge in [0.1, 0.15) is 29.1 Å². The Morgan fingerprint density at radius 2 is 1.62 bits per heavy atom. The molecule has 2 aromatic heterocycles. The molecule has 1 aliphatic heterocycles. The number of rotatable bonds is 6. The minimum atomic E-state index is -0.284. The summed E-state index contributed by atoms with van der Waals surface area (Å²) in [6.07, 6.45) is 1.78. The van der Waals surface area contributed by atoms with Gasteiger partial charge in [-0.3, -0.25) is 4.98 Å². The van der Waals surface area contributed by atoms with Crippen molar-refractivity contribution >= 4 is 46.2 Å². The average Bonchev–Trinajstić information content (AvgIpc) is 3.57. The number of aryl methyl sites for hydroxylation is 1. The van der Waals surface area contributed by atoms with Gasteiger partial charge in [0.2, 0.25) is 0 Å². The van der Waals surface area contributed by atoms with Crippen molar-refractivity contribution in [2.24, 2.45) is 0 Å². The lowest BCUT2D eigenvalue weighted by Gasteiger charge is -2.26. The Kier molecular flexibility index (Phi) is 7.00. The molecule has 5 aromatic rings. The normalized spacial score (nSPS) is 16.8. The number of anilines is 1. The van der Waals surface area contributed by atoms with Gasteiger partial charge in [-0.1, -0.05) is 47.0 Å². The van der Waals surface area contributed by atoms with Crippen LogP contribution in [0.25, 0.3) is 11.3 Å². The van der Waals surface area contributed by atoms with Crippen molar-refractivity contribution in [3.05, 3.63) is 130 Å².